The zero-order chi connectivity index (χ0) is 88.8. The predicted molar refractivity (Wildman–Crippen MR) is 553 cm³/mol. The quantitative estimate of drug-likeness (QED) is 0.0303. The Morgan fingerprint density at radius 2 is 0.542 bits per heavy atom. The van der Waals surface area contributed by atoms with Crippen molar-refractivity contribution in [2.75, 3.05) is 13.2 Å². The van der Waals surface area contributed by atoms with E-state index in [0.29, 0.717) is 12.0 Å². The van der Waals surface area contributed by atoms with E-state index in [9.17, 15) is 0 Å². The predicted octanol–water partition coefficient (Wildman–Crippen LogP) is 34.1. The van der Waals surface area contributed by atoms with Gasteiger partial charge in [-0.05, 0) is 367 Å². The summed E-state index contributed by atoms with van der Waals surface area (Å²) in [6.45, 7) is 7.02. The zero-order valence-electron chi connectivity index (χ0n) is 80.1. The zero-order valence-corrected chi connectivity index (χ0v) is 80.1. The van der Waals surface area contributed by atoms with Crippen LogP contribution in [0.2, 0.25) is 0 Å². The molecule has 3 nitrogen and oxygen atoms in total. The second-order valence-electron chi connectivity index (χ2n) is 43.0. The summed E-state index contributed by atoms with van der Waals surface area (Å²) >= 11 is 0. The van der Waals surface area contributed by atoms with Gasteiger partial charge < -0.3 is 14.2 Å². The van der Waals surface area contributed by atoms with Crippen molar-refractivity contribution >= 4 is 0 Å². The smallest absolute Gasteiger partial charge is 0.127 e. The van der Waals surface area contributed by atoms with E-state index >= 15 is 0 Å². The molecule has 0 saturated heterocycles. The number of hydrogen-bond acceptors (Lipinski definition) is 3. The van der Waals surface area contributed by atoms with E-state index in [0.717, 1.165) is 162 Å². The van der Waals surface area contributed by atoms with Gasteiger partial charge in [0.15, 0.2) is 0 Å². The molecule has 8 aromatic rings. The molecule has 131 heavy (non-hydrogen) atoms. The van der Waals surface area contributed by atoms with Gasteiger partial charge in [-0.3, -0.25) is 0 Å². The van der Waals surface area contributed by atoms with Gasteiger partial charge in [0.2, 0.25) is 0 Å². The normalized spacial score (nSPS) is 30.6. The summed E-state index contributed by atoms with van der Waals surface area (Å²) in [6, 6.07) is 80.9. The first-order valence-electron chi connectivity index (χ1n) is 53.5. The third kappa shape index (κ3) is 27.7. The summed E-state index contributed by atoms with van der Waals surface area (Å²) in [4.78, 5) is 0. The molecule has 16 aliphatic carbocycles. The number of para-hydroxylation sites is 1. The third-order valence-corrected chi connectivity index (χ3v) is 33.9. The number of benzene rings is 8. The van der Waals surface area contributed by atoms with Crippen LogP contribution in [0, 0.1) is 136 Å². The SMILES string of the molecule is C1=CC2CC1CC2CCCCc1ccccc1.C1=CC2CC1CC2CCCc1ccccc1.C1=CC2CC1CC2CCOc1ccc(-c2ccccc2)cc1.C1=CC2CC1CC2CCOc1ccccc1-c1ccccc1.C1=CC2CC1CC2CCc1ccccc1.C1=CC2CC1CC2OCc1ccccc1.CCCCC1CC2C=CC1C2.CCCCCCC1CC2C=CC1C2. The van der Waals surface area contributed by atoms with Crippen molar-refractivity contribution in [3.05, 3.63) is 350 Å². The summed E-state index contributed by atoms with van der Waals surface area (Å²) in [5.41, 5.74) is 10.7. The largest absolute Gasteiger partial charge is 0.494 e. The molecule has 8 saturated carbocycles. The molecule has 24 rings (SSSR count). The van der Waals surface area contributed by atoms with E-state index in [-0.39, 0.29) is 0 Å². The fraction of sp³-hybridized carbons (Fsp3) is 0.500. The van der Waals surface area contributed by atoms with Crippen LogP contribution in [0.5, 0.6) is 11.5 Å². The highest BCUT2D eigenvalue weighted by Crippen LogP contribution is 2.52. The van der Waals surface area contributed by atoms with Crippen molar-refractivity contribution < 1.29 is 14.2 Å². The van der Waals surface area contributed by atoms with E-state index in [1.54, 1.807) is 0 Å². The number of fused-ring (bicyclic) bond motifs is 16. The number of allylic oxidation sites excluding steroid dienone is 15. The lowest BCUT2D eigenvalue weighted by Gasteiger charge is -2.19. The van der Waals surface area contributed by atoms with E-state index < -0.39 is 0 Å². The summed E-state index contributed by atoms with van der Waals surface area (Å²) in [5.74, 6) is 23.1. The molecule has 3 heteroatoms. The second-order valence-corrected chi connectivity index (χ2v) is 43.0. The lowest BCUT2D eigenvalue weighted by atomic mass is 9.88. The Balaban J connectivity index is 0.000000106. The summed E-state index contributed by atoms with van der Waals surface area (Å²) in [6.07, 6.45) is 88.3. The molecule has 0 N–H and O–H groups in total. The van der Waals surface area contributed by atoms with Crippen LogP contribution in [0.4, 0.5) is 0 Å². The van der Waals surface area contributed by atoms with Gasteiger partial charge in [0.25, 0.3) is 0 Å². The van der Waals surface area contributed by atoms with E-state index in [4.69, 9.17) is 14.2 Å². The first kappa shape index (κ1) is 94.0. The molecule has 16 aliphatic rings. The van der Waals surface area contributed by atoms with Gasteiger partial charge in [0.05, 0.1) is 25.9 Å². The van der Waals surface area contributed by atoms with Crippen LogP contribution >= 0.6 is 0 Å². The Hall–Kier alpha value is -8.76. The Morgan fingerprint density at radius 1 is 0.221 bits per heavy atom. The van der Waals surface area contributed by atoms with Crippen molar-refractivity contribution in [2.45, 2.75) is 251 Å². The fourth-order valence-electron chi connectivity index (χ4n) is 26.6. The number of unbranched alkanes of at least 4 members (excludes halogenated alkanes) is 5. The molecule has 690 valence electrons. The average molecular weight is 1750 g/mol. The van der Waals surface area contributed by atoms with Gasteiger partial charge >= 0.3 is 0 Å². The van der Waals surface area contributed by atoms with Gasteiger partial charge in [-0.1, -0.05) is 368 Å². The number of rotatable bonds is 33. The number of ether oxygens (including phenoxy) is 3. The average Bonchev–Trinajstić information content (AvgIpc) is 1.79. The molecule has 0 aromatic heterocycles. The Bertz CT molecular complexity index is 4810. The Labute approximate surface area is 793 Å². The topological polar surface area (TPSA) is 27.7 Å². The molecule has 0 spiro atoms. The molecular weight excluding hydrogens is 1590 g/mol. The Kier molecular flexibility index (Phi) is 35.5. The molecule has 0 aliphatic heterocycles. The maximum Gasteiger partial charge on any atom is 0.127 e. The number of aryl methyl sites for hydroxylation is 3. The summed E-state index contributed by atoms with van der Waals surface area (Å²) in [5, 5.41) is 0. The monoisotopic (exact) mass is 1750 g/mol. The minimum Gasteiger partial charge on any atom is -0.494 e. The minimum atomic E-state index is 0.472. The fourth-order valence-corrected chi connectivity index (χ4v) is 26.6. The van der Waals surface area contributed by atoms with Crippen LogP contribution in [0.1, 0.15) is 242 Å². The van der Waals surface area contributed by atoms with Crippen LogP contribution in [-0.4, -0.2) is 19.3 Å². The maximum atomic E-state index is 6.14. The summed E-state index contributed by atoms with van der Waals surface area (Å²) < 4.78 is 18.1. The molecule has 8 fully saturated rings. The van der Waals surface area contributed by atoms with Crippen LogP contribution in [-0.2, 0) is 30.6 Å². The van der Waals surface area contributed by atoms with E-state index in [2.05, 4.69) is 329 Å². The second kappa shape index (κ2) is 49.5. The standard InChI is InChI=1S/2C21H22O.C17H22.C16H20.C15H18.C14H16O.C13H22.C11H18/c1-2-6-17(7-3-1)20-8-4-5-9-21(20)22-13-12-19-15-16-10-11-18(19)14-16;1-2-4-17(5-3-1)18-8-10-21(11-9-18)22-13-12-20-15-16-6-7-19(20)14-16;1-2-6-14(7-3-1)8-4-5-9-16-12-15-10-11-17(16)13-15;1-2-5-13(6-3-1)7-4-8-15-11-14-9-10-16(15)12-14;1-2-4-12(5-3-1)6-8-14-10-13-7-9-15(14)11-13;1-2-4-11(5-3-1)10-15-14-9-12-6-7-13(14)8-12;1-2-3-4-5-6-12-9-11-7-8-13(12)10-11;1-2-3-4-10-7-9-5-6-11(10)8-9/h1-11,16,18-19H,12-15H2;1-11,16,19-20H,12-15H2;1-3,6-7,10-11,15-17H,4-5,8-9,12-13H2;1-3,5-6,9-10,14-16H,4,7-8,11-12H2;1-5,7,9,13-15H,6,8,10-11H2;1-7,12-14H,8-10H2;7-8,11-13H,2-6,9-10H2,1H3;5-6,9-11H,2-4,7-8H2,1H3. The van der Waals surface area contributed by atoms with E-state index in [1.807, 2.05) is 12.1 Å². The lowest BCUT2D eigenvalue weighted by Crippen LogP contribution is -2.17. The van der Waals surface area contributed by atoms with Gasteiger partial charge in [0, 0.05) is 11.5 Å². The maximum absolute atomic E-state index is 6.14. The Morgan fingerprint density at radius 3 is 0.939 bits per heavy atom. The van der Waals surface area contributed by atoms with E-state index in [1.165, 1.54) is 269 Å². The highest BCUT2D eigenvalue weighted by molar-refractivity contribution is 5.70. The molecule has 8 aromatic carbocycles. The molecule has 24 unspecified atom stereocenters. The lowest BCUT2D eigenvalue weighted by molar-refractivity contribution is 0.0245. The van der Waals surface area contributed by atoms with Crippen LogP contribution in [0.3, 0.4) is 0 Å². The molecular formula is C128H160O3. The molecule has 0 heterocycles. The van der Waals surface area contributed by atoms with Crippen molar-refractivity contribution in [3.8, 4) is 33.8 Å². The van der Waals surface area contributed by atoms with Crippen LogP contribution < -0.4 is 9.47 Å². The van der Waals surface area contributed by atoms with Crippen molar-refractivity contribution in [3.63, 3.8) is 0 Å². The highest BCUT2D eigenvalue weighted by Gasteiger charge is 2.42. The number of hydrogen-bond donors (Lipinski definition) is 0. The molecule has 0 amide bonds. The molecule has 24 atom stereocenters. The van der Waals surface area contributed by atoms with Crippen molar-refractivity contribution in [2.24, 2.45) is 136 Å². The molecule has 0 radical (unpaired) electrons. The van der Waals surface area contributed by atoms with Crippen LogP contribution in [0.15, 0.2) is 328 Å². The van der Waals surface area contributed by atoms with Gasteiger partial charge in [0.1, 0.15) is 11.5 Å². The first-order chi connectivity index (χ1) is 64.7. The van der Waals surface area contributed by atoms with Crippen LogP contribution in [0.25, 0.3) is 22.3 Å². The highest BCUT2D eigenvalue weighted by atomic mass is 16.5. The van der Waals surface area contributed by atoms with Crippen molar-refractivity contribution in [1.82, 2.24) is 0 Å². The minimum absolute atomic E-state index is 0.472. The summed E-state index contributed by atoms with van der Waals surface area (Å²) in [7, 11) is 0. The first-order valence-corrected chi connectivity index (χ1v) is 53.5. The van der Waals surface area contributed by atoms with Gasteiger partial charge in [-0.25, -0.2) is 0 Å². The van der Waals surface area contributed by atoms with Gasteiger partial charge in [-0.15, -0.1) is 0 Å². The molecule has 16 bridgehead atoms. The van der Waals surface area contributed by atoms with Gasteiger partial charge in [-0.2, -0.15) is 0 Å². The van der Waals surface area contributed by atoms with Crippen molar-refractivity contribution in [1.29, 1.82) is 0 Å². The third-order valence-electron chi connectivity index (χ3n) is 33.9.